The third-order valence-electron chi connectivity index (χ3n) is 3.54. The lowest BCUT2D eigenvalue weighted by Gasteiger charge is -2.32. The van der Waals surface area contributed by atoms with Gasteiger partial charge in [-0.3, -0.25) is 0 Å². The molecule has 0 aliphatic carbocycles. The second-order valence-corrected chi connectivity index (χ2v) is 6.39. The molecular formula is C15H22Cl3NO2. The maximum Gasteiger partial charge on any atom is 0.138 e. The van der Waals surface area contributed by atoms with Crippen LogP contribution in [-0.4, -0.2) is 42.4 Å². The van der Waals surface area contributed by atoms with Crippen molar-refractivity contribution in [1.29, 1.82) is 0 Å². The fourth-order valence-corrected chi connectivity index (χ4v) is 3.04. The fraction of sp³-hybridized carbons (Fsp3) is 0.600. The van der Waals surface area contributed by atoms with Crippen LogP contribution in [0.25, 0.3) is 0 Å². The molecule has 0 aromatic heterocycles. The van der Waals surface area contributed by atoms with Crippen molar-refractivity contribution in [2.45, 2.75) is 25.9 Å². The molecule has 1 saturated heterocycles. The first-order valence-electron chi connectivity index (χ1n) is 7.03. The molecule has 1 aromatic carbocycles. The van der Waals surface area contributed by atoms with E-state index in [1.165, 1.54) is 12.8 Å². The number of halogens is 3. The quantitative estimate of drug-likeness (QED) is 0.871. The Morgan fingerprint density at radius 1 is 1.43 bits per heavy atom. The van der Waals surface area contributed by atoms with Gasteiger partial charge in [-0.05, 0) is 43.5 Å². The van der Waals surface area contributed by atoms with Crippen LogP contribution in [0.15, 0.2) is 18.2 Å². The predicted octanol–water partition coefficient (Wildman–Crippen LogP) is 3.89. The summed E-state index contributed by atoms with van der Waals surface area (Å²) in [6.45, 7) is 5.26. The third kappa shape index (κ3) is 6.21. The van der Waals surface area contributed by atoms with E-state index >= 15 is 0 Å². The van der Waals surface area contributed by atoms with E-state index in [9.17, 15) is 5.11 Å². The van der Waals surface area contributed by atoms with Gasteiger partial charge < -0.3 is 14.7 Å². The number of β-amino-alcohol motifs (C(OH)–C–C–N with tert-alkyl or cyclic N) is 1. The van der Waals surface area contributed by atoms with Gasteiger partial charge in [-0.15, -0.1) is 12.4 Å². The smallest absolute Gasteiger partial charge is 0.138 e. The molecule has 0 saturated carbocycles. The summed E-state index contributed by atoms with van der Waals surface area (Å²) in [5, 5.41) is 11.1. The van der Waals surface area contributed by atoms with Gasteiger partial charge in [0.25, 0.3) is 0 Å². The van der Waals surface area contributed by atoms with E-state index < -0.39 is 6.10 Å². The van der Waals surface area contributed by atoms with Crippen LogP contribution in [0.5, 0.6) is 5.75 Å². The molecule has 21 heavy (non-hydrogen) atoms. The van der Waals surface area contributed by atoms with Gasteiger partial charge in [0.05, 0.1) is 5.02 Å². The summed E-state index contributed by atoms with van der Waals surface area (Å²) in [6.07, 6.45) is 1.98. The summed E-state index contributed by atoms with van der Waals surface area (Å²) in [5.74, 6) is 1.27. The van der Waals surface area contributed by atoms with E-state index in [4.69, 9.17) is 27.9 Å². The molecule has 0 radical (unpaired) electrons. The zero-order valence-corrected chi connectivity index (χ0v) is 14.4. The molecule has 120 valence electrons. The highest BCUT2D eigenvalue weighted by molar-refractivity contribution is 6.35. The Labute approximate surface area is 142 Å². The van der Waals surface area contributed by atoms with E-state index in [2.05, 4.69) is 11.8 Å². The van der Waals surface area contributed by atoms with E-state index in [0.717, 1.165) is 13.1 Å². The number of hydrogen-bond acceptors (Lipinski definition) is 3. The molecule has 0 amide bonds. The topological polar surface area (TPSA) is 32.7 Å². The standard InChI is InChI=1S/C15H21Cl2NO2.ClH/c1-11-3-2-6-18(8-11)9-13(19)10-20-15-5-4-12(16)7-14(15)17;/h4-5,7,11,13,19H,2-3,6,8-10H2,1H3;1H. The first-order chi connectivity index (χ1) is 9.54. The highest BCUT2D eigenvalue weighted by Crippen LogP contribution is 2.27. The predicted molar refractivity (Wildman–Crippen MR) is 90.0 cm³/mol. The highest BCUT2D eigenvalue weighted by atomic mass is 35.5. The van der Waals surface area contributed by atoms with Crippen LogP contribution in [-0.2, 0) is 0 Å². The van der Waals surface area contributed by atoms with Crippen LogP contribution < -0.4 is 4.74 Å². The van der Waals surface area contributed by atoms with Crippen molar-refractivity contribution in [2.24, 2.45) is 5.92 Å². The Bertz CT molecular complexity index is 445. The normalized spacial score (nSPS) is 20.7. The molecule has 0 bridgehead atoms. The van der Waals surface area contributed by atoms with Crippen molar-refractivity contribution in [1.82, 2.24) is 4.90 Å². The lowest BCUT2D eigenvalue weighted by Crippen LogP contribution is -2.41. The minimum Gasteiger partial charge on any atom is -0.489 e. The van der Waals surface area contributed by atoms with E-state index in [1.807, 2.05) is 0 Å². The SMILES string of the molecule is CC1CCCN(CC(O)COc2ccc(Cl)cc2Cl)C1.Cl. The first-order valence-corrected chi connectivity index (χ1v) is 7.78. The molecule has 1 heterocycles. The van der Waals surface area contributed by atoms with Gasteiger partial charge >= 0.3 is 0 Å². The molecule has 1 fully saturated rings. The summed E-state index contributed by atoms with van der Waals surface area (Å²) < 4.78 is 5.55. The third-order valence-corrected chi connectivity index (χ3v) is 4.07. The summed E-state index contributed by atoms with van der Waals surface area (Å²) in [7, 11) is 0. The van der Waals surface area contributed by atoms with Gasteiger partial charge in [-0.25, -0.2) is 0 Å². The second kappa shape index (κ2) is 9.06. The van der Waals surface area contributed by atoms with Crippen LogP contribution in [0, 0.1) is 5.92 Å². The van der Waals surface area contributed by atoms with E-state index in [-0.39, 0.29) is 19.0 Å². The Balaban J connectivity index is 0.00000220. The molecule has 2 atom stereocenters. The van der Waals surface area contributed by atoms with Crippen molar-refractivity contribution < 1.29 is 9.84 Å². The van der Waals surface area contributed by atoms with Gasteiger partial charge in [-0.1, -0.05) is 30.1 Å². The molecule has 2 unspecified atom stereocenters. The number of rotatable bonds is 5. The number of ether oxygens (including phenoxy) is 1. The molecule has 1 aromatic rings. The molecule has 6 heteroatoms. The highest BCUT2D eigenvalue weighted by Gasteiger charge is 2.19. The minimum atomic E-state index is -0.507. The monoisotopic (exact) mass is 353 g/mol. The summed E-state index contributed by atoms with van der Waals surface area (Å²) in [5.41, 5.74) is 0. The summed E-state index contributed by atoms with van der Waals surface area (Å²) in [6, 6.07) is 5.08. The van der Waals surface area contributed by atoms with Crippen LogP contribution in [0.2, 0.25) is 10.0 Å². The van der Waals surface area contributed by atoms with Gasteiger partial charge in [0, 0.05) is 18.1 Å². The summed E-state index contributed by atoms with van der Waals surface area (Å²) >= 11 is 11.8. The lowest BCUT2D eigenvalue weighted by atomic mass is 10.0. The minimum absolute atomic E-state index is 0. The molecular weight excluding hydrogens is 333 g/mol. The number of nitrogens with zero attached hydrogens (tertiary/aromatic N) is 1. The largest absolute Gasteiger partial charge is 0.489 e. The molecule has 3 nitrogen and oxygen atoms in total. The Kier molecular flexibility index (Phi) is 8.14. The van der Waals surface area contributed by atoms with Crippen molar-refractivity contribution >= 4 is 35.6 Å². The van der Waals surface area contributed by atoms with Crippen molar-refractivity contribution in [3.63, 3.8) is 0 Å². The Hall–Kier alpha value is -0.190. The number of likely N-dealkylation sites (tertiary alicyclic amines) is 1. The molecule has 1 aliphatic heterocycles. The van der Waals surface area contributed by atoms with Gasteiger partial charge in [0.2, 0.25) is 0 Å². The van der Waals surface area contributed by atoms with Crippen molar-refractivity contribution in [2.75, 3.05) is 26.2 Å². The van der Waals surface area contributed by atoms with Gasteiger partial charge in [-0.2, -0.15) is 0 Å². The molecule has 0 spiro atoms. The zero-order chi connectivity index (χ0) is 14.5. The van der Waals surface area contributed by atoms with Crippen LogP contribution >= 0.6 is 35.6 Å². The zero-order valence-electron chi connectivity index (χ0n) is 12.1. The maximum absolute atomic E-state index is 10.1. The molecule has 1 N–H and O–H groups in total. The van der Waals surface area contributed by atoms with Crippen LogP contribution in [0.1, 0.15) is 19.8 Å². The molecule has 1 aliphatic rings. The van der Waals surface area contributed by atoms with Crippen LogP contribution in [0.3, 0.4) is 0 Å². The second-order valence-electron chi connectivity index (χ2n) is 5.55. The number of aliphatic hydroxyl groups is 1. The Morgan fingerprint density at radius 3 is 2.86 bits per heavy atom. The lowest BCUT2D eigenvalue weighted by molar-refractivity contribution is 0.0537. The van der Waals surface area contributed by atoms with Crippen molar-refractivity contribution in [3.05, 3.63) is 28.2 Å². The van der Waals surface area contributed by atoms with Crippen molar-refractivity contribution in [3.8, 4) is 5.75 Å². The number of benzene rings is 1. The maximum atomic E-state index is 10.1. The number of hydrogen-bond donors (Lipinski definition) is 1. The van der Waals surface area contributed by atoms with Gasteiger partial charge in [0.15, 0.2) is 0 Å². The van der Waals surface area contributed by atoms with E-state index in [1.54, 1.807) is 18.2 Å². The fourth-order valence-electron chi connectivity index (χ4n) is 2.58. The van der Waals surface area contributed by atoms with Crippen LogP contribution in [0.4, 0.5) is 0 Å². The number of aliphatic hydroxyl groups excluding tert-OH is 1. The number of piperidine rings is 1. The van der Waals surface area contributed by atoms with E-state index in [0.29, 0.717) is 28.3 Å². The first kappa shape index (κ1) is 18.9. The average Bonchev–Trinajstić information content (AvgIpc) is 2.37. The summed E-state index contributed by atoms with van der Waals surface area (Å²) in [4.78, 5) is 2.30. The average molecular weight is 355 g/mol. The molecule has 2 rings (SSSR count). The van der Waals surface area contributed by atoms with Gasteiger partial charge in [0.1, 0.15) is 18.5 Å². The Morgan fingerprint density at radius 2 is 2.19 bits per heavy atom.